The van der Waals surface area contributed by atoms with E-state index in [4.69, 9.17) is 20.4 Å². The number of anilines is 1. The minimum Gasteiger partial charge on any atom is -0.444 e. The van der Waals surface area contributed by atoms with Crippen LogP contribution in [0.5, 0.6) is 0 Å². The van der Waals surface area contributed by atoms with Crippen molar-refractivity contribution < 1.29 is 13.6 Å². The van der Waals surface area contributed by atoms with Gasteiger partial charge < -0.3 is 8.83 Å². The molecule has 8 heteroatoms. The molecule has 0 saturated heterocycles. The van der Waals surface area contributed by atoms with Gasteiger partial charge in [-0.1, -0.05) is 34.9 Å². The fourth-order valence-electron chi connectivity index (χ4n) is 1.73. The molecule has 0 aliphatic heterocycles. The van der Waals surface area contributed by atoms with Crippen molar-refractivity contribution in [1.82, 2.24) is 10.2 Å². The number of nitrogens with zero attached hydrogens (tertiary/aromatic N) is 2. The molecule has 2 heterocycles. The molecule has 23 heavy (non-hydrogen) atoms. The molecule has 3 rings (SSSR count). The monoisotopic (exact) mass is 393 g/mol. The fraction of sp³-hybridized carbons (Fsp3) is 0. The third kappa shape index (κ3) is 3.88. The molecule has 0 unspecified atom stereocenters. The Morgan fingerprint density at radius 3 is 2.74 bits per heavy atom. The van der Waals surface area contributed by atoms with Gasteiger partial charge in [-0.3, -0.25) is 10.1 Å². The van der Waals surface area contributed by atoms with Crippen LogP contribution in [0.3, 0.4) is 0 Å². The van der Waals surface area contributed by atoms with Gasteiger partial charge in [0.05, 0.1) is 0 Å². The lowest BCUT2D eigenvalue weighted by Gasteiger charge is -1.97. The van der Waals surface area contributed by atoms with Crippen LogP contribution in [0.2, 0.25) is 5.02 Å². The molecular formula is C15H9BrClN3O3. The van der Waals surface area contributed by atoms with Gasteiger partial charge in [0.1, 0.15) is 0 Å². The molecule has 2 aromatic heterocycles. The van der Waals surface area contributed by atoms with Gasteiger partial charge in [-0.25, -0.2) is 0 Å². The molecule has 0 saturated carbocycles. The fourth-order valence-corrected chi connectivity index (χ4v) is 2.23. The molecule has 1 N–H and O–H groups in total. The number of carbonyl (C=O) groups excluding carboxylic acids is 1. The lowest BCUT2D eigenvalue weighted by Crippen LogP contribution is -2.07. The van der Waals surface area contributed by atoms with E-state index < -0.39 is 5.91 Å². The first-order valence-electron chi connectivity index (χ1n) is 6.44. The van der Waals surface area contributed by atoms with E-state index in [9.17, 15) is 4.79 Å². The lowest BCUT2D eigenvalue weighted by molar-refractivity contribution is -0.112. The average molecular weight is 395 g/mol. The number of hydrogen-bond acceptors (Lipinski definition) is 5. The van der Waals surface area contributed by atoms with E-state index in [1.807, 2.05) is 12.1 Å². The Kier molecular flexibility index (Phi) is 4.59. The maximum absolute atomic E-state index is 11.8. The van der Waals surface area contributed by atoms with Gasteiger partial charge >= 0.3 is 6.01 Å². The average Bonchev–Trinajstić information content (AvgIpc) is 3.15. The number of carbonyl (C=O) groups is 1. The molecule has 0 aliphatic rings. The third-order valence-electron chi connectivity index (χ3n) is 2.76. The topological polar surface area (TPSA) is 81.2 Å². The van der Waals surface area contributed by atoms with Gasteiger partial charge in [0, 0.05) is 11.1 Å². The molecule has 0 radical (unpaired) electrons. The van der Waals surface area contributed by atoms with Crippen molar-refractivity contribution in [2.45, 2.75) is 0 Å². The Bertz CT molecular complexity index is 872. The zero-order chi connectivity index (χ0) is 16.2. The van der Waals surface area contributed by atoms with Crippen LogP contribution in [0.15, 0.2) is 56.0 Å². The molecule has 3 aromatic rings. The van der Waals surface area contributed by atoms with Crippen molar-refractivity contribution >= 4 is 45.5 Å². The van der Waals surface area contributed by atoms with Crippen LogP contribution in [0.4, 0.5) is 6.01 Å². The first kappa shape index (κ1) is 15.5. The molecule has 6 nitrogen and oxygen atoms in total. The van der Waals surface area contributed by atoms with Crippen LogP contribution < -0.4 is 5.32 Å². The van der Waals surface area contributed by atoms with E-state index >= 15 is 0 Å². The summed E-state index contributed by atoms with van der Waals surface area (Å²) in [5, 5.41) is 10.5. The largest absolute Gasteiger partial charge is 0.444 e. The van der Waals surface area contributed by atoms with E-state index in [1.165, 1.54) is 6.08 Å². The predicted octanol–water partition coefficient (Wildman–Crippen LogP) is 4.40. The highest BCUT2D eigenvalue weighted by Crippen LogP contribution is 2.24. The molecule has 116 valence electrons. The van der Waals surface area contributed by atoms with E-state index in [-0.39, 0.29) is 11.9 Å². The second kappa shape index (κ2) is 6.80. The van der Waals surface area contributed by atoms with Gasteiger partial charge in [0.25, 0.3) is 11.8 Å². The second-order valence-electron chi connectivity index (χ2n) is 4.36. The smallest absolute Gasteiger partial charge is 0.322 e. The van der Waals surface area contributed by atoms with Crippen molar-refractivity contribution in [1.29, 1.82) is 0 Å². The maximum Gasteiger partial charge on any atom is 0.322 e. The molecule has 1 aromatic carbocycles. The van der Waals surface area contributed by atoms with Gasteiger partial charge in [-0.05, 0) is 45.8 Å². The lowest BCUT2D eigenvalue weighted by atomic mass is 10.2. The van der Waals surface area contributed by atoms with Gasteiger partial charge in [-0.15, -0.1) is 5.10 Å². The summed E-state index contributed by atoms with van der Waals surface area (Å²) in [6, 6.07) is 10.5. The van der Waals surface area contributed by atoms with Crippen molar-refractivity contribution in [3.05, 3.63) is 57.7 Å². The summed E-state index contributed by atoms with van der Waals surface area (Å²) in [7, 11) is 0. The molecule has 0 bridgehead atoms. The Hall–Kier alpha value is -2.38. The highest BCUT2D eigenvalue weighted by atomic mass is 79.9. The number of nitrogens with one attached hydrogen (secondary N) is 1. The van der Waals surface area contributed by atoms with Crippen molar-refractivity contribution in [3.63, 3.8) is 0 Å². The predicted molar refractivity (Wildman–Crippen MR) is 88.8 cm³/mol. The molecule has 1 amide bonds. The van der Waals surface area contributed by atoms with Crippen LogP contribution in [0.25, 0.3) is 17.7 Å². The summed E-state index contributed by atoms with van der Waals surface area (Å²) in [5.74, 6) is 0.151. The first-order valence-corrected chi connectivity index (χ1v) is 7.62. The Morgan fingerprint density at radius 2 is 2.00 bits per heavy atom. The number of furan rings is 1. The number of amides is 1. The van der Waals surface area contributed by atoms with Crippen molar-refractivity contribution in [2.75, 3.05) is 5.32 Å². The molecular weight excluding hydrogens is 386 g/mol. The minimum atomic E-state index is -0.416. The zero-order valence-electron chi connectivity index (χ0n) is 11.5. The molecule has 0 atom stereocenters. The summed E-state index contributed by atoms with van der Waals surface area (Å²) in [6.07, 6.45) is 2.92. The number of benzene rings is 1. The van der Waals surface area contributed by atoms with Crippen molar-refractivity contribution in [3.8, 4) is 11.7 Å². The highest BCUT2D eigenvalue weighted by molar-refractivity contribution is 9.10. The van der Waals surface area contributed by atoms with E-state index in [0.29, 0.717) is 15.5 Å². The summed E-state index contributed by atoms with van der Waals surface area (Å²) in [4.78, 5) is 11.8. The normalized spacial score (nSPS) is 11.0. The zero-order valence-corrected chi connectivity index (χ0v) is 13.8. The first-order chi connectivity index (χ1) is 11.1. The van der Waals surface area contributed by atoms with Crippen LogP contribution >= 0.6 is 27.5 Å². The number of halogens is 2. The standard InChI is InChI=1S/C15H9BrClN3O3/c16-12-7-6-11(22-12)14-19-20-15(23-14)18-13(21)8-5-9-3-1-2-4-10(9)17/h1-8H,(H,18,20,21)/b8-5+. The van der Waals surface area contributed by atoms with Crippen molar-refractivity contribution in [2.24, 2.45) is 0 Å². The van der Waals surface area contributed by atoms with Crippen LogP contribution in [-0.4, -0.2) is 16.1 Å². The summed E-state index contributed by atoms with van der Waals surface area (Å²) >= 11 is 9.18. The number of hydrogen-bond donors (Lipinski definition) is 1. The maximum atomic E-state index is 11.8. The summed E-state index contributed by atoms with van der Waals surface area (Å²) in [5.41, 5.74) is 0.732. The molecule has 0 spiro atoms. The Morgan fingerprint density at radius 1 is 1.17 bits per heavy atom. The molecule has 0 aliphatic carbocycles. The van der Waals surface area contributed by atoms with Crippen LogP contribution in [0, 0.1) is 0 Å². The van der Waals surface area contributed by atoms with Gasteiger partial charge in [0.15, 0.2) is 10.4 Å². The van der Waals surface area contributed by atoms with E-state index in [0.717, 1.165) is 5.56 Å². The number of aromatic nitrogens is 2. The number of rotatable bonds is 4. The third-order valence-corrected chi connectivity index (χ3v) is 3.53. The van der Waals surface area contributed by atoms with Crippen LogP contribution in [-0.2, 0) is 4.79 Å². The minimum absolute atomic E-state index is 0.0265. The Labute approximate surface area is 144 Å². The molecule has 0 fully saturated rings. The van der Waals surface area contributed by atoms with Gasteiger partial charge in [0.2, 0.25) is 0 Å². The highest BCUT2D eigenvalue weighted by Gasteiger charge is 2.13. The quantitative estimate of drug-likeness (QED) is 0.663. The summed E-state index contributed by atoms with van der Waals surface area (Å²) < 4.78 is 11.1. The van der Waals surface area contributed by atoms with E-state index in [1.54, 1.807) is 30.3 Å². The summed E-state index contributed by atoms with van der Waals surface area (Å²) in [6.45, 7) is 0. The van der Waals surface area contributed by atoms with E-state index in [2.05, 4.69) is 31.4 Å². The Balaban J connectivity index is 1.67. The van der Waals surface area contributed by atoms with Gasteiger partial charge in [-0.2, -0.15) is 0 Å². The second-order valence-corrected chi connectivity index (χ2v) is 5.55. The van der Waals surface area contributed by atoms with Crippen LogP contribution in [0.1, 0.15) is 5.56 Å². The SMILES string of the molecule is O=C(/C=C/c1ccccc1Cl)Nc1nnc(-c2ccc(Br)o2)o1.